The van der Waals surface area contributed by atoms with Crippen LogP contribution >= 0.6 is 0 Å². The average molecular weight is 311 g/mol. The van der Waals surface area contributed by atoms with E-state index in [4.69, 9.17) is 5.11 Å². The SMILES string of the molecule is CCCCCCCC/C=C\CCCCCCC(O)C=CCO. The molecule has 0 aliphatic heterocycles. The van der Waals surface area contributed by atoms with Crippen LogP contribution in [0.5, 0.6) is 0 Å². The molecule has 1 atom stereocenters. The fraction of sp³-hybridized carbons (Fsp3) is 0.800. The first-order valence-corrected chi connectivity index (χ1v) is 9.41. The lowest BCUT2D eigenvalue weighted by atomic mass is 10.1. The van der Waals surface area contributed by atoms with Gasteiger partial charge in [0.2, 0.25) is 0 Å². The molecule has 0 rings (SSSR count). The van der Waals surface area contributed by atoms with Gasteiger partial charge >= 0.3 is 0 Å². The summed E-state index contributed by atoms with van der Waals surface area (Å²) in [5.74, 6) is 0. The van der Waals surface area contributed by atoms with Crippen LogP contribution in [0.3, 0.4) is 0 Å². The van der Waals surface area contributed by atoms with Gasteiger partial charge in [0.1, 0.15) is 0 Å². The van der Waals surface area contributed by atoms with E-state index >= 15 is 0 Å². The maximum absolute atomic E-state index is 9.56. The minimum atomic E-state index is -0.385. The topological polar surface area (TPSA) is 40.5 Å². The summed E-state index contributed by atoms with van der Waals surface area (Å²) in [5, 5.41) is 18.2. The van der Waals surface area contributed by atoms with Crippen molar-refractivity contribution in [1.82, 2.24) is 0 Å². The molecule has 0 amide bonds. The summed E-state index contributed by atoms with van der Waals surface area (Å²) in [6, 6.07) is 0. The van der Waals surface area contributed by atoms with E-state index in [-0.39, 0.29) is 12.7 Å². The maximum Gasteiger partial charge on any atom is 0.0721 e. The van der Waals surface area contributed by atoms with Crippen molar-refractivity contribution in [3.8, 4) is 0 Å². The van der Waals surface area contributed by atoms with Crippen molar-refractivity contribution in [2.75, 3.05) is 6.61 Å². The second-order valence-corrected chi connectivity index (χ2v) is 6.20. The Hall–Kier alpha value is -0.600. The monoisotopic (exact) mass is 310 g/mol. The van der Waals surface area contributed by atoms with E-state index in [9.17, 15) is 5.11 Å². The summed E-state index contributed by atoms with van der Waals surface area (Å²) in [5.41, 5.74) is 0. The number of hydrogen-bond acceptors (Lipinski definition) is 2. The molecule has 0 aromatic rings. The van der Waals surface area contributed by atoms with Crippen molar-refractivity contribution in [3.63, 3.8) is 0 Å². The van der Waals surface area contributed by atoms with Gasteiger partial charge in [-0.05, 0) is 32.1 Å². The van der Waals surface area contributed by atoms with Crippen molar-refractivity contribution >= 4 is 0 Å². The van der Waals surface area contributed by atoms with Crippen LogP contribution in [-0.4, -0.2) is 22.9 Å². The predicted molar refractivity (Wildman–Crippen MR) is 97.1 cm³/mol. The Morgan fingerprint density at radius 3 is 1.86 bits per heavy atom. The highest BCUT2D eigenvalue weighted by molar-refractivity contribution is 4.87. The normalized spacial score (nSPS) is 13.4. The highest BCUT2D eigenvalue weighted by atomic mass is 16.3. The molecule has 0 aliphatic rings. The first-order valence-electron chi connectivity index (χ1n) is 9.41. The van der Waals surface area contributed by atoms with Gasteiger partial charge in [-0.15, -0.1) is 0 Å². The number of unbranched alkanes of at least 4 members (excludes halogenated alkanes) is 10. The smallest absolute Gasteiger partial charge is 0.0721 e. The van der Waals surface area contributed by atoms with Crippen molar-refractivity contribution < 1.29 is 10.2 Å². The van der Waals surface area contributed by atoms with Gasteiger partial charge < -0.3 is 10.2 Å². The fourth-order valence-corrected chi connectivity index (χ4v) is 2.56. The van der Waals surface area contributed by atoms with Gasteiger partial charge in [-0.2, -0.15) is 0 Å². The molecular formula is C20H38O2. The zero-order chi connectivity index (χ0) is 16.3. The van der Waals surface area contributed by atoms with Crippen LogP contribution in [-0.2, 0) is 0 Å². The summed E-state index contributed by atoms with van der Waals surface area (Å²) in [6.45, 7) is 2.28. The van der Waals surface area contributed by atoms with Gasteiger partial charge in [-0.25, -0.2) is 0 Å². The van der Waals surface area contributed by atoms with Crippen LogP contribution in [0.1, 0.15) is 90.4 Å². The second kappa shape index (κ2) is 18.4. The van der Waals surface area contributed by atoms with Crippen molar-refractivity contribution in [2.24, 2.45) is 0 Å². The minimum absolute atomic E-state index is 0.0160. The first kappa shape index (κ1) is 21.4. The molecule has 0 aliphatic carbocycles. The zero-order valence-corrected chi connectivity index (χ0v) is 14.7. The quantitative estimate of drug-likeness (QED) is 0.290. The fourth-order valence-electron chi connectivity index (χ4n) is 2.56. The van der Waals surface area contributed by atoms with Gasteiger partial charge in [0, 0.05) is 0 Å². The van der Waals surface area contributed by atoms with E-state index < -0.39 is 0 Å². The van der Waals surface area contributed by atoms with Gasteiger partial charge in [0.25, 0.3) is 0 Å². The van der Waals surface area contributed by atoms with E-state index in [0.717, 1.165) is 12.8 Å². The van der Waals surface area contributed by atoms with Crippen LogP contribution in [0.4, 0.5) is 0 Å². The molecule has 0 aromatic carbocycles. The molecule has 0 heterocycles. The van der Waals surface area contributed by atoms with Crippen LogP contribution < -0.4 is 0 Å². The molecule has 0 fully saturated rings. The van der Waals surface area contributed by atoms with Crippen molar-refractivity contribution in [2.45, 2.75) is 96.5 Å². The summed E-state index contributed by atoms with van der Waals surface area (Å²) in [7, 11) is 0. The molecule has 22 heavy (non-hydrogen) atoms. The van der Waals surface area contributed by atoms with Gasteiger partial charge in [0.15, 0.2) is 0 Å². The van der Waals surface area contributed by atoms with E-state index in [1.54, 1.807) is 12.2 Å². The summed E-state index contributed by atoms with van der Waals surface area (Å²) >= 11 is 0. The number of allylic oxidation sites excluding steroid dienone is 2. The molecule has 0 aromatic heterocycles. The third-order valence-electron chi connectivity index (χ3n) is 3.98. The third kappa shape index (κ3) is 17.5. The van der Waals surface area contributed by atoms with Crippen LogP contribution in [0.2, 0.25) is 0 Å². The predicted octanol–water partition coefficient (Wildman–Crippen LogP) is 5.54. The van der Waals surface area contributed by atoms with E-state index in [2.05, 4.69) is 19.1 Å². The molecule has 0 bridgehead atoms. The Balaban J connectivity index is 3.19. The lowest BCUT2D eigenvalue weighted by molar-refractivity contribution is 0.206. The Labute approximate surface area is 138 Å². The van der Waals surface area contributed by atoms with Crippen LogP contribution in [0.25, 0.3) is 0 Å². The highest BCUT2D eigenvalue weighted by Crippen LogP contribution is 2.10. The molecule has 1 unspecified atom stereocenters. The molecule has 2 N–H and O–H groups in total. The highest BCUT2D eigenvalue weighted by Gasteiger charge is 1.98. The first-order chi connectivity index (χ1) is 10.8. The average Bonchev–Trinajstić information content (AvgIpc) is 2.53. The maximum atomic E-state index is 9.56. The Kier molecular flexibility index (Phi) is 17.9. The standard InChI is InChI=1S/C20H38O2/c1-2-3-4-5-6-7-8-9-10-11-12-13-14-15-17-20(22)18-16-19-21/h9-10,16,18,20-22H,2-8,11-15,17,19H2,1H3/b10-9-,18-16?. The van der Waals surface area contributed by atoms with Gasteiger partial charge in [-0.3, -0.25) is 0 Å². The molecule has 0 spiro atoms. The number of aliphatic hydroxyl groups excluding tert-OH is 2. The molecule has 130 valence electrons. The molecular weight excluding hydrogens is 272 g/mol. The van der Waals surface area contributed by atoms with Crippen molar-refractivity contribution in [3.05, 3.63) is 24.3 Å². The minimum Gasteiger partial charge on any atom is -0.392 e. The molecule has 0 saturated carbocycles. The van der Waals surface area contributed by atoms with E-state index in [1.165, 1.54) is 70.6 Å². The van der Waals surface area contributed by atoms with E-state index in [0.29, 0.717) is 0 Å². The Bertz CT molecular complexity index is 258. The Morgan fingerprint density at radius 2 is 1.27 bits per heavy atom. The molecule has 2 nitrogen and oxygen atoms in total. The third-order valence-corrected chi connectivity index (χ3v) is 3.98. The van der Waals surface area contributed by atoms with Gasteiger partial charge in [-0.1, -0.05) is 82.6 Å². The second-order valence-electron chi connectivity index (χ2n) is 6.20. The van der Waals surface area contributed by atoms with Gasteiger partial charge in [0.05, 0.1) is 12.7 Å². The number of rotatable bonds is 16. The van der Waals surface area contributed by atoms with E-state index in [1.807, 2.05) is 0 Å². The molecule has 0 saturated heterocycles. The largest absolute Gasteiger partial charge is 0.392 e. The lowest BCUT2D eigenvalue weighted by Gasteiger charge is -2.04. The van der Waals surface area contributed by atoms with Crippen LogP contribution in [0.15, 0.2) is 24.3 Å². The molecule has 0 radical (unpaired) electrons. The van der Waals surface area contributed by atoms with Crippen molar-refractivity contribution in [1.29, 1.82) is 0 Å². The number of hydrogen-bond donors (Lipinski definition) is 2. The lowest BCUT2D eigenvalue weighted by Crippen LogP contribution is -2.01. The summed E-state index contributed by atoms with van der Waals surface area (Å²) < 4.78 is 0. The zero-order valence-electron chi connectivity index (χ0n) is 14.7. The summed E-state index contributed by atoms with van der Waals surface area (Å²) in [6.07, 6.45) is 23.9. The Morgan fingerprint density at radius 1 is 0.727 bits per heavy atom. The van der Waals surface area contributed by atoms with Crippen LogP contribution in [0, 0.1) is 0 Å². The molecule has 2 heteroatoms. The summed E-state index contributed by atoms with van der Waals surface area (Å²) in [4.78, 5) is 0. The number of aliphatic hydroxyl groups is 2.